The molecule has 0 spiro atoms. The number of H-pyrrole nitrogens is 1. The second-order valence-electron chi connectivity index (χ2n) is 5.57. The van der Waals surface area contributed by atoms with E-state index in [0.29, 0.717) is 11.3 Å². The Morgan fingerprint density at radius 2 is 1.92 bits per heavy atom. The van der Waals surface area contributed by atoms with Crippen molar-refractivity contribution in [2.45, 2.75) is 6.92 Å². The second-order valence-corrected chi connectivity index (χ2v) is 7.32. The van der Waals surface area contributed by atoms with Crippen molar-refractivity contribution in [3.8, 4) is 5.75 Å². The van der Waals surface area contributed by atoms with E-state index < -0.39 is 38.6 Å². The van der Waals surface area contributed by atoms with Gasteiger partial charge in [-0.3, -0.25) is 14.4 Å². The molecule has 0 aliphatic rings. The molecule has 0 bridgehead atoms. The summed E-state index contributed by atoms with van der Waals surface area (Å²) in [5, 5.41) is 9.78. The summed E-state index contributed by atoms with van der Waals surface area (Å²) >= 11 is 0. The maximum atomic E-state index is 12.2. The summed E-state index contributed by atoms with van der Waals surface area (Å²) in [4.78, 5) is 38.2. The Kier molecular flexibility index (Phi) is 5.41. The van der Waals surface area contributed by atoms with E-state index in [4.69, 9.17) is 0 Å². The molecule has 2 rings (SSSR count). The van der Waals surface area contributed by atoms with Crippen LogP contribution in [0.25, 0.3) is 6.08 Å². The fourth-order valence-electron chi connectivity index (χ4n) is 2.18. The van der Waals surface area contributed by atoms with Crippen molar-refractivity contribution < 1.29 is 23.1 Å². The van der Waals surface area contributed by atoms with Gasteiger partial charge in [-0.15, -0.1) is 0 Å². The molecule has 0 aliphatic carbocycles. The Labute approximate surface area is 149 Å². The van der Waals surface area contributed by atoms with Gasteiger partial charge in [0.25, 0.3) is 11.5 Å². The summed E-state index contributed by atoms with van der Waals surface area (Å²) in [6.45, 7) is 1.57. The number of aromatic nitrogens is 1. The standard InChI is InChI=1S/C17H16N2O6S/c1-10-8-14(21)15(17(23)18-10)13(20)7-6-11-4-3-5-12(9-11)16(22)19-26(2,24)25/h3-9H,1-2H3,(H,19,22)(H2,18,21,23). The third-order valence-corrected chi connectivity index (χ3v) is 3.80. The Bertz CT molecular complexity index is 1070. The van der Waals surface area contributed by atoms with Gasteiger partial charge in [0.15, 0.2) is 5.78 Å². The molecule has 0 saturated heterocycles. The predicted molar refractivity (Wildman–Crippen MR) is 95.6 cm³/mol. The lowest BCUT2D eigenvalue weighted by Crippen LogP contribution is -2.29. The molecule has 1 amide bonds. The Morgan fingerprint density at radius 1 is 1.23 bits per heavy atom. The number of hydrogen-bond acceptors (Lipinski definition) is 6. The van der Waals surface area contributed by atoms with E-state index in [-0.39, 0.29) is 5.56 Å². The maximum absolute atomic E-state index is 12.2. The molecular weight excluding hydrogens is 360 g/mol. The lowest BCUT2D eigenvalue weighted by molar-refractivity contribution is 0.0980. The normalized spacial score (nSPS) is 11.5. The molecule has 9 heteroatoms. The van der Waals surface area contributed by atoms with Gasteiger partial charge in [-0.2, -0.15) is 0 Å². The SMILES string of the molecule is Cc1cc(O)c(C(=O)C=Cc2cccc(C(=O)NS(C)(=O)=O)c2)c(=O)[nH]1. The number of sulfonamides is 1. The minimum absolute atomic E-state index is 0.0843. The number of amides is 1. The van der Waals surface area contributed by atoms with Crippen molar-refractivity contribution >= 4 is 27.8 Å². The fourth-order valence-corrected chi connectivity index (χ4v) is 2.63. The lowest BCUT2D eigenvalue weighted by Gasteiger charge is -2.04. The van der Waals surface area contributed by atoms with Crippen molar-refractivity contribution in [2.75, 3.05) is 6.26 Å². The topological polar surface area (TPSA) is 133 Å². The van der Waals surface area contributed by atoms with Crippen molar-refractivity contribution in [2.24, 2.45) is 0 Å². The Morgan fingerprint density at radius 3 is 2.54 bits per heavy atom. The zero-order valence-corrected chi connectivity index (χ0v) is 14.8. The monoisotopic (exact) mass is 376 g/mol. The van der Waals surface area contributed by atoms with Gasteiger partial charge in [-0.25, -0.2) is 13.1 Å². The number of nitrogens with one attached hydrogen (secondary N) is 2. The van der Waals surface area contributed by atoms with Crippen LogP contribution in [0.1, 0.15) is 32.0 Å². The summed E-state index contributed by atoms with van der Waals surface area (Å²) in [6, 6.07) is 7.15. The number of aryl methyl sites for hydroxylation is 1. The van der Waals surface area contributed by atoms with Gasteiger partial charge in [0.1, 0.15) is 11.3 Å². The van der Waals surface area contributed by atoms with Crippen LogP contribution in [0, 0.1) is 6.92 Å². The molecular formula is C17H16N2O6S. The van der Waals surface area contributed by atoms with E-state index in [9.17, 15) is 27.9 Å². The smallest absolute Gasteiger partial charge is 0.264 e. The number of allylic oxidation sites excluding steroid dienone is 1. The Balaban J connectivity index is 2.26. The largest absolute Gasteiger partial charge is 0.507 e. The summed E-state index contributed by atoms with van der Waals surface area (Å²) in [7, 11) is -3.70. The lowest BCUT2D eigenvalue weighted by atomic mass is 10.1. The molecule has 2 aromatic rings. The highest BCUT2D eigenvalue weighted by atomic mass is 32.2. The first-order chi connectivity index (χ1) is 12.1. The highest BCUT2D eigenvalue weighted by molar-refractivity contribution is 7.89. The first kappa shape index (κ1) is 19.1. The van der Waals surface area contributed by atoms with E-state index >= 15 is 0 Å². The molecule has 0 unspecified atom stereocenters. The first-order valence-electron chi connectivity index (χ1n) is 7.34. The van der Waals surface area contributed by atoms with Crippen molar-refractivity contribution in [3.05, 3.63) is 69.1 Å². The molecule has 136 valence electrons. The summed E-state index contributed by atoms with van der Waals surface area (Å²) < 4.78 is 24.1. The van der Waals surface area contributed by atoms with Crippen LogP contribution < -0.4 is 10.3 Å². The van der Waals surface area contributed by atoms with Crippen molar-refractivity contribution in [1.29, 1.82) is 0 Å². The van der Waals surface area contributed by atoms with Crippen LogP contribution in [-0.2, 0) is 10.0 Å². The number of rotatable bonds is 5. The quantitative estimate of drug-likeness (QED) is 0.526. The zero-order valence-electron chi connectivity index (χ0n) is 13.9. The summed E-state index contributed by atoms with van der Waals surface area (Å²) in [5.74, 6) is -1.95. The second kappa shape index (κ2) is 7.36. The average molecular weight is 376 g/mol. The van der Waals surface area contributed by atoms with Crippen LogP contribution in [0.5, 0.6) is 5.75 Å². The van der Waals surface area contributed by atoms with E-state index in [2.05, 4.69) is 4.98 Å². The van der Waals surface area contributed by atoms with Crippen LogP contribution in [0.2, 0.25) is 0 Å². The van der Waals surface area contributed by atoms with Gasteiger partial charge in [0, 0.05) is 11.3 Å². The summed E-state index contributed by atoms with van der Waals surface area (Å²) in [5.41, 5.74) is -0.169. The summed E-state index contributed by atoms with van der Waals surface area (Å²) in [6.07, 6.45) is 3.28. The van der Waals surface area contributed by atoms with Gasteiger partial charge in [-0.05, 0) is 36.8 Å². The van der Waals surface area contributed by atoms with Gasteiger partial charge < -0.3 is 10.1 Å². The number of aromatic amines is 1. The highest BCUT2D eigenvalue weighted by Crippen LogP contribution is 2.15. The van der Waals surface area contributed by atoms with Crippen LogP contribution >= 0.6 is 0 Å². The molecule has 0 radical (unpaired) electrons. The minimum atomic E-state index is -3.70. The Hall–Kier alpha value is -3.20. The molecule has 0 aliphatic heterocycles. The van der Waals surface area contributed by atoms with Crippen molar-refractivity contribution in [1.82, 2.24) is 9.71 Å². The van der Waals surface area contributed by atoms with E-state index in [1.165, 1.54) is 30.3 Å². The number of hydrogen-bond donors (Lipinski definition) is 3. The van der Waals surface area contributed by atoms with Crippen LogP contribution in [0.3, 0.4) is 0 Å². The van der Waals surface area contributed by atoms with Crippen LogP contribution in [0.4, 0.5) is 0 Å². The van der Waals surface area contributed by atoms with E-state index in [0.717, 1.165) is 12.3 Å². The van der Waals surface area contributed by atoms with Gasteiger partial charge in [0.05, 0.1) is 6.26 Å². The first-order valence-corrected chi connectivity index (χ1v) is 9.23. The van der Waals surface area contributed by atoms with Gasteiger partial charge >= 0.3 is 0 Å². The minimum Gasteiger partial charge on any atom is -0.507 e. The van der Waals surface area contributed by atoms with Gasteiger partial charge in [0.2, 0.25) is 10.0 Å². The van der Waals surface area contributed by atoms with E-state index in [1.807, 2.05) is 4.72 Å². The number of aromatic hydroxyl groups is 1. The molecule has 0 fully saturated rings. The number of benzene rings is 1. The molecule has 3 N–H and O–H groups in total. The molecule has 1 aromatic heterocycles. The number of pyridine rings is 1. The predicted octanol–water partition coefficient (Wildman–Crippen LogP) is 0.974. The molecule has 0 atom stereocenters. The van der Waals surface area contributed by atoms with E-state index in [1.54, 1.807) is 13.0 Å². The van der Waals surface area contributed by atoms with Gasteiger partial charge in [-0.1, -0.05) is 18.2 Å². The molecule has 1 heterocycles. The maximum Gasteiger partial charge on any atom is 0.264 e. The number of carbonyl (C=O) groups excluding carboxylic acids is 2. The average Bonchev–Trinajstić information content (AvgIpc) is 2.50. The number of ketones is 1. The third-order valence-electron chi connectivity index (χ3n) is 3.25. The zero-order chi connectivity index (χ0) is 19.5. The van der Waals surface area contributed by atoms with Crippen LogP contribution in [-0.4, -0.2) is 36.5 Å². The third kappa shape index (κ3) is 4.90. The molecule has 8 nitrogen and oxygen atoms in total. The molecule has 1 aromatic carbocycles. The highest BCUT2D eigenvalue weighted by Gasteiger charge is 2.14. The van der Waals surface area contributed by atoms with Crippen molar-refractivity contribution in [3.63, 3.8) is 0 Å². The number of carbonyl (C=O) groups is 2. The van der Waals surface area contributed by atoms with Crippen LogP contribution in [0.15, 0.2) is 41.2 Å². The fraction of sp³-hybridized carbons (Fsp3) is 0.118. The molecule has 0 saturated carbocycles. The molecule has 26 heavy (non-hydrogen) atoms.